The van der Waals surface area contributed by atoms with Gasteiger partial charge in [-0.25, -0.2) is 13.1 Å². The van der Waals surface area contributed by atoms with Crippen LogP contribution >= 0.6 is 0 Å². The molecule has 1 saturated heterocycles. The largest absolute Gasteiger partial charge is 0.297 e. The predicted molar refractivity (Wildman–Crippen MR) is 127 cm³/mol. The Morgan fingerprint density at radius 2 is 1.69 bits per heavy atom. The fraction of sp³-hybridized carbons (Fsp3) is 0.440. The maximum Gasteiger partial charge on any atom is 0.156 e. The van der Waals surface area contributed by atoms with Gasteiger partial charge in [0.25, 0.3) is 0 Å². The van der Waals surface area contributed by atoms with Crippen molar-refractivity contribution in [1.29, 1.82) is 0 Å². The van der Waals surface area contributed by atoms with E-state index in [-0.39, 0.29) is 11.0 Å². The van der Waals surface area contributed by atoms with Crippen LogP contribution in [0.15, 0.2) is 60.8 Å². The summed E-state index contributed by atoms with van der Waals surface area (Å²) in [6, 6.07) is 18.4. The van der Waals surface area contributed by atoms with Crippen molar-refractivity contribution >= 4 is 9.84 Å². The molecular formula is C25H32N4O2S. The molecule has 0 spiro atoms. The number of aromatic nitrogens is 3. The molecule has 0 saturated carbocycles. The van der Waals surface area contributed by atoms with Crippen molar-refractivity contribution in [2.24, 2.45) is 0 Å². The van der Waals surface area contributed by atoms with Gasteiger partial charge < -0.3 is 0 Å². The Hall–Kier alpha value is -2.51. The first-order chi connectivity index (χ1) is 15.4. The number of nitrogens with zero attached hydrogens (tertiary/aromatic N) is 4. The van der Waals surface area contributed by atoms with Crippen LogP contribution in [0.3, 0.4) is 0 Å². The third-order valence-electron chi connectivity index (χ3n) is 6.26. The molecule has 0 atom stereocenters. The molecule has 0 amide bonds. The van der Waals surface area contributed by atoms with Gasteiger partial charge in [0.2, 0.25) is 0 Å². The van der Waals surface area contributed by atoms with E-state index < -0.39 is 9.84 Å². The van der Waals surface area contributed by atoms with Crippen molar-refractivity contribution in [1.82, 2.24) is 19.9 Å². The maximum absolute atomic E-state index is 12.3. The van der Waals surface area contributed by atoms with Crippen LogP contribution in [0.4, 0.5) is 0 Å². The fourth-order valence-electron chi connectivity index (χ4n) is 4.25. The van der Waals surface area contributed by atoms with Crippen LogP contribution in [-0.4, -0.2) is 46.7 Å². The van der Waals surface area contributed by atoms with E-state index in [0.717, 1.165) is 50.3 Å². The molecule has 1 aliphatic rings. The lowest BCUT2D eigenvalue weighted by atomic mass is 9.88. The lowest BCUT2D eigenvalue weighted by molar-refractivity contribution is 0.202. The van der Waals surface area contributed by atoms with Crippen LogP contribution in [0.2, 0.25) is 0 Å². The summed E-state index contributed by atoms with van der Waals surface area (Å²) in [5.41, 5.74) is 4.37. The summed E-state index contributed by atoms with van der Waals surface area (Å²) in [6.45, 7) is 7.05. The van der Waals surface area contributed by atoms with Crippen LogP contribution in [0.1, 0.15) is 55.0 Å². The SMILES string of the molecule is CC(C)S(=O)(=O)Cc1cccc(C2CCN(Cc3cn(Cc4ccccc4)nn3)CC2)c1. The summed E-state index contributed by atoms with van der Waals surface area (Å²) in [6.07, 6.45) is 4.18. The molecule has 0 N–H and O–H groups in total. The minimum absolute atomic E-state index is 0.121. The van der Waals surface area contributed by atoms with Gasteiger partial charge in [0, 0.05) is 6.54 Å². The van der Waals surface area contributed by atoms with Crippen molar-refractivity contribution in [2.75, 3.05) is 13.1 Å². The number of piperidine rings is 1. The Morgan fingerprint density at radius 3 is 2.41 bits per heavy atom. The zero-order valence-corrected chi connectivity index (χ0v) is 19.7. The molecule has 7 heteroatoms. The highest BCUT2D eigenvalue weighted by atomic mass is 32.2. The molecular weight excluding hydrogens is 420 g/mol. The summed E-state index contributed by atoms with van der Waals surface area (Å²) in [7, 11) is -3.08. The van der Waals surface area contributed by atoms with Gasteiger partial charge in [0.1, 0.15) is 0 Å². The minimum atomic E-state index is -3.08. The molecule has 4 rings (SSSR count). The monoisotopic (exact) mass is 452 g/mol. The molecule has 1 aliphatic heterocycles. The standard InChI is InChI=1S/C25H32N4O2S/c1-20(2)32(30,31)19-22-9-6-10-24(15-22)23-11-13-28(14-12-23)17-25-18-29(27-26-25)16-21-7-4-3-5-8-21/h3-10,15,18,20,23H,11-14,16-17,19H2,1-2H3. The average Bonchev–Trinajstić information content (AvgIpc) is 3.21. The van der Waals surface area contributed by atoms with Gasteiger partial charge in [-0.15, -0.1) is 5.10 Å². The smallest absolute Gasteiger partial charge is 0.156 e. The summed E-state index contributed by atoms with van der Waals surface area (Å²) in [5, 5.41) is 8.29. The molecule has 2 aromatic carbocycles. The zero-order valence-electron chi connectivity index (χ0n) is 18.9. The van der Waals surface area contributed by atoms with Gasteiger partial charge in [-0.3, -0.25) is 4.90 Å². The van der Waals surface area contributed by atoms with Crippen LogP contribution in [0.5, 0.6) is 0 Å². The van der Waals surface area contributed by atoms with E-state index in [1.165, 1.54) is 11.1 Å². The summed E-state index contributed by atoms with van der Waals surface area (Å²) < 4.78 is 26.5. The van der Waals surface area contributed by atoms with Crippen LogP contribution in [0, 0.1) is 0 Å². The van der Waals surface area contributed by atoms with E-state index in [1.807, 2.05) is 41.2 Å². The Kier molecular flexibility index (Phi) is 7.06. The minimum Gasteiger partial charge on any atom is -0.297 e. The van der Waals surface area contributed by atoms with Crippen molar-refractivity contribution < 1.29 is 8.42 Å². The van der Waals surface area contributed by atoms with Gasteiger partial charge in [-0.05, 0) is 62.4 Å². The lowest BCUT2D eigenvalue weighted by Crippen LogP contribution is -2.32. The highest BCUT2D eigenvalue weighted by Gasteiger charge is 2.23. The molecule has 170 valence electrons. The molecule has 0 radical (unpaired) electrons. The van der Waals surface area contributed by atoms with E-state index in [1.54, 1.807) is 13.8 Å². The third kappa shape index (κ3) is 5.84. The third-order valence-corrected chi connectivity index (χ3v) is 8.43. The maximum atomic E-state index is 12.3. The molecule has 32 heavy (non-hydrogen) atoms. The van der Waals surface area contributed by atoms with E-state index in [4.69, 9.17) is 0 Å². The van der Waals surface area contributed by atoms with Crippen LogP contribution in [-0.2, 0) is 28.7 Å². The van der Waals surface area contributed by atoms with Crippen molar-refractivity contribution in [3.63, 3.8) is 0 Å². The average molecular weight is 453 g/mol. The second-order valence-electron chi connectivity index (χ2n) is 9.04. The second kappa shape index (κ2) is 9.96. The lowest BCUT2D eigenvalue weighted by Gasteiger charge is -2.31. The molecule has 1 aromatic heterocycles. The van der Waals surface area contributed by atoms with Gasteiger partial charge in [0.15, 0.2) is 9.84 Å². The Morgan fingerprint density at radius 1 is 0.969 bits per heavy atom. The molecule has 3 aromatic rings. The highest BCUT2D eigenvalue weighted by Crippen LogP contribution is 2.29. The summed E-state index contributed by atoms with van der Waals surface area (Å²) >= 11 is 0. The first kappa shape index (κ1) is 22.7. The number of hydrogen-bond acceptors (Lipinski definition) is 5. The Labute approximate surface area is 191 Å². The number of likely N-dealkylation sites (tertiary alicyclic amines) is 1. The molecule has 0 unspecified atom stereocenters. The van der Waals surface area contributed by atoms with Gasteiger partial charge in [-0.2, -0.15) is 0 Å². The summed E-state index contributed by atoms with van der Waals surface area (Å²) in [4.78, 5) is 2.43. The van der Waals surface area contributed by atoms with Crippen LogP contribution < -0.4 is 0 Å². The van der Waals surface area contributed by atoms with E-state index in [9.17, 15) is 8.42 Å². The topological polar surface area (TPSA) is 68.1 Å². The van der Waals surface area contributed by atoms with Crippen molar-refractivity contribution in [3.8, 4) is 0 Å². The van der Waals surface area contributed by atoms with E-state index >= 15 is 0 Å². The molecule has 6 nitrogen and oxygen atoms in total. The first-order valence-corrected chi connectivity index (χ1v) is 13.1. The summed E-state index contributed by atoms with van der Waals surface area (Å²) in [5.74, 6) is 0.595. The number of rotatable bonds is 8. The van der Waals surface area contributed by atoms with E-state index in [2.05, 4.69) is 39.5 Å². The quantitative estimate of drug-likeness (QED) is 0.516. The second-order valence-corrected chi connectivity index (χ2v) is 11.6. The Balaban J connectivity index is 1.31. The fourth-order valence-corrected chi connectivity index (χ4v) is 5.23. The molecule has 0 bridgehead atoms. The highest BCUT2D eigenvalue weighted by molar-refractivity contribution is 7.91. The van der Waals surface area contributed by atoms with Gasteiger partial charge in [-0.1, -0.05) is 59.8 Å². The van der Waals surface area contributed by atoms with Gasteiger partial charge in [0.05, 0.1) is 29.4 Å². The van der Waals surface area contributed by atoms with Gasteiger partial charge >= 0.3 is 0 Å². The molecule has 0 aliphatic carbocycles. The van der Waals surface area contributed by atoms with Crippen molar-refractivity contribution in [3.05, 3.63) is 83.2 Å². The number of benzene rings is 2. The number of sulfone groups is 1. The van der Waals surface area contributed by atoms with Crippen molar-refractivity contribution in [2.45, 2.75) is 56.7 Å². The molecule has 2 heterocycles. The Bertz CT molecular complexity index is 1120. The predicted octanol–water partition coefficient (Wildman–Crippen LogP) is 4.03. The molecule has 1 fully saturated rings. The first-order valence-electron chi connectivity index (χ1n) is 11.3. The number of hydrogen-bond donors (Lipinski definition) is 0. The zero-order chi connectivity index (χ0) is 22.6. The van der Waals surface area contributed by atoms with E-state index in [0.29, 0.717) is 5.92 Å². The normalized spacial score (nSPS) is 16.0. The van der Waals surface area contributed by atoms with Crippen LogP contribution in [0.25, 0.3) is 0 Å².